The average Bonchev–Trinajstić information content (AvgIpc) is 2.73. The summed E-state index contributed by atoms with van der Waals surface area (Å²) in [5, 5.41) is 2.86. The summed E-state index contributed by atoms with van der Waals surface area (Å²) in [6.45, 7) is 2.34. The Morgan fingerprint density at radius 3 is 2.42 bits per heavy atom. The molecule has 0 aromatic heterocycles. The third kappa shape index (κ3) is 6.63. The summed E-state index contributed by atoms with van der Waals surface area (Å²) in [7, 11) is 0. The van der Waals surface area contributed by atoms with Crippen LogP contribution >= 0.6 is 11.8 Å². The Morgan fingerprint density at radius 2 is 1.74 bits per heavy atom. The van der Waals surface area contributed by atoms with E-state index < -0.39 is 17.6 Å². The van der Waals surface area contributed by atoms with Gasteiger partial charge in [0.1, 0.15) is 0 Å². The van der Waals surface area contributed by atoms with Crippen LogP contribution in [0.3, 0.4) is 0 Å². The van der Waals surface area contributed by atoms with Crippen LogP contribution in [0.2, 0.25) is 0 Å². The number of carbonyl (C=O) groups excluding carboxylic acids is 2. The Morgan fingerprint density at radius 1 is 1.03 bits per heavy atom. The van der Waals surface area contributed by atoms with E-state index in [-0.39, 0.29) is 18.2 Å². The van der Waals surface area contributed by atoms with E-state index in [9.17, 15) is 22.8 Å². The second kappa shape index (κ2) is 10.1. The first-order chi connectivity index (χ1) is 14.7. The molecule has 1 heterocycles. The van der Waals surface area contributed by atoms with Crippen molar-refractivity contribution in [3.8, 4) is 0 Å². The molecule has 2 aromatic rings. The summed E-state index contributed by atoms with van der Waals surface area (Å²) in [6.07, 6.45) is -4.37. The van der Waals surface area contributed by atoms with Gasteiger partial charge in [-0.25, -0.2) is 0 Å². The number of thioether (sulfide) groups is 1. The van der Waals surface area contributed by atoms with Gasteiger partial charge in [0, 0.05) is 36.8 Å². The number of nitrogens with two attached hydrogens (primary N) is 1. The second-order valence-corrected chi connectivity index (χ2v) is 8.13. The van der Waals surface area contributed by atoms with Crippen molar-refractivity contribution in [3.63, 3.8) is 0 Å². The maximum absolute atomic E-state index is 12.9. The lowest BCUT2D eigenvalue weighted by Crippen LogP contribution is -2.48. The van der Waals surface area contributed by atoms with Crippen LogP contribution in [0.4, 0.5) is 24.5 Å². The highest BCUT2D eigenvalue weighted by Gasteiger charge is 2.31. The van der Waals surface area contributed by atoms with Gasteiger partial charge in [0.2, 0.25) is 11.8 Å². The molecule has 1 aliphatic rings. The Labute approximate surface area is 182 Å². The quantitative estimate of drug-likeness (QED) is 0.632. The van der Waals surface area contributed by atoms with Gasteiger partial charge in [-0.3, -0.25) is 14.5 Å². The number of para-hydroxylation sites is 1. The standard InChI is InChI=1S/C21H23F3N4O2S/c22-21(23,24)15-4-3-5-16(12-15)28-10-8-27(9-11-28)13-20(30)26-17-6-1-2-7-18(17)31-14-19(25)29/h1-7,12H,8-11,13-14H2,(H2,25,29)(H,26,30). The van der Waals surface area contributed by atoms with E-state index in [4.69, 9.17) is 5.73 Å². The number of nitrogens with zero attached hydrogens (tertiary/aromatic N) is 2. The molecule has 10 heteroatoms. The minimum Gasteiger partial charge on any atom is -0.369 e. The zero-order chi connectivity index (χ0) is 22.4. The van der Waals surface area contributed by atoms with Gasteiger partial charge >= 0.3 is 6.18 Å². The van der Waals surface area contributed by atoms with Crippen molar-refractivity contribution in [2.45, 2.75) is 11.1 Å². The van der Waals surface area contributed by atoms with Crippen LogP contribution in [0.5, 0.6) is 0 Å². The number of alkyl halides is 3. The molecule has 6 nitrogen and oxygen atoms in total. The molecule has 2 aromatic carbocycles. The van der Waals surface area contributed by atoms with Crippen molar-refractivity contribution in [2.75, 3.05) is 48.7 Å². The van der Waals surface area contributed by atoms with Gasteiger partial charge in [0.05, 0.1) is 23.5 Å². The fourth-order valence-electron chi connectivity index (χ4n) is 3.28. The summed E-state index contributed by atoms with van der Waals surface area (Å²) in [4.78, 5) is 28.1. The predicted molar refractivity (Wildman–Crippen MR) is 115 cm³/mol. The zero-order valence-electron chi connectivity index (χ0n) is 16.7. The molecule has 1 aliphatic heterocycles. The molecule has 0 saturated carbocycles. The molecule has 3 N–H and O–H groups in total. The molecular formula is C21H23F3N4O2S. The van der Waals surface area contributed by atoms with Gasteiger partial charge in [0.25, 0.3) is 0 Å². The number of anilines is 2. The van der Waals surface area contributed by atoms with E-state index in [1.807, 2.05) is 15.9 Å². The first kappa shape index (κ1) is 23.0. The third-order valence-corrected chi connectivity index (χ3v) is 5.91. The molecule has 3 rings (SSSR count). The third-order valence-electron chi connectivity index (χ3n) is 4.81. The van der Waals surface area contributed by atoms with Crippen molar-refractivity contribution in [1.82, 2.24) is 4.90 Å². The summed E-state index contributed by atoms with van der Waals surface area (Å²) in [5.41, 5.74) is 5.66. The SMILES string of the molecule is NC(=O)CSc1ccccc1NC(=O)CN1CCN(c2cccc(C(F)(F)F)c2)CC1. The maximum atomic E-state index is 12.9. The number of amides is 2. The summed E-state index contributed by atoms with van der Waals surface area (Å²) >= 11 is 1.25. The zero-order valence-corrected chi connectivity index (χ0v) is 17.5. The fraction of sp³-hybridized carbons (Fsp3) is 0.333. The molecule has 1 saturated heterocycles. The molecule has 2 amide bonds. The minimum atomic E-state index is -4.37. The predicted octanol–water partition coefficient (Wildman–Crippen LogP) is 3.04. The number of halogens is 3. The van der Waals surface area contributed by atoms with Gasteiger partial charge in [0.15, 0.2) is 0 Å². The highest BCUT2D eigenvalue weighted by atomic mass is 32.2. The number of hydrogen-bond donors (Lipinski definition) is 2. The van der Waals surface area contributed by atoms with Gasteiger partial charge in [-0.05, 0) is 30.3 Å². The van der Waals surface area contributed by atoms with Crippen molar-refractivity contribution in [2.24, 2.45) is 5.73 Å². The minimum absolute atomic E-state index is 0.115. The average molecular weight is 453 g/mol. The molecular weight excluding hydrogens is 429 g/mol. The van der Waals surface area contributed by atoms with Crippen molar-refractivity contribution < 1.29 is 22.8 Å². The Kier molecular flexibility index (Phi) is 7.45. The van der Waals surface area contributed by atoms with Crippen LogP contribution < -0.4 is 16.0 Å². The highest BCUT2D eigenvalue weighted by molar-refractivity contribution is 8.00. The van der Waals surface area contributed by atoms with Crippen LogP contribution in [0.15, 0.2) is 53.4 Å². The maximum Gasteiger partial charge on any atom is 0.416 e. The Hall–Kier alpha value is -2.72. The molecule has 166 valence electrons. The van der Waals surface area contributed by atoms with E-state index in [0.717, 1.165) is 17.0 Å². The highest BCUT2D eigenvalue weighted by Crippen LogP contribution is 2.32. The molecule has 1 fully saturated rings. The Balaban J connectivity index is 1.53. The Bertz CT molecular complexity index is 931. The van der Waals surface area contributed by atoms with Crippen LogP contribution in [0.25, 0.3) is 0 Å². The molecule has 0 spiro atoms. The lowest BCUT2D eigenvalue weighted by atomic mass is 10.1. The van der Waals surface area contributed by atoms with Crippen LogP contribution in [-0.4, -0.2) is 55.2 Å². The number of rotatable bonds is 7. The van der Waals surface area contributed by atoms with E-state index in [1.54, 1.807) is 24.3 Å². The molecule has 0 atom stereocenters. The lowest BCUT2D eigenvalue weighted by Gasteiger charge is -2.36. The van der Waals surface area contributed by atoms with E-state index in [0.29, 0.717) is 37.6 Å². The number of carbonyl (C=O) groups is 2. The number of piperazine rings is 1. The van der Waals surface area contributed by atoms with Crippen LogP contribution in [-0.2, 0) is 15.8 Å². The molecule has 0 unspecified atom stereocenters. The number of nitrogens with one attached hydrogen (secondary N) is 1. The van der Waals surface area contributed by atoms with E-state index in [1.165, 1.54) is 17.8 Å². The number of hydrogen-bond acceptors (Lipinski definition) is 5. The molecule has 0 bridgehead atoms. The van der Waals surface area contributed by atoms with Gasteiger partial charge in [-0.2, -0.15) is 13.2 Å². The largest absolute Gasteiger partial charge is 0.416 e. The van der Waals surface area contributed by atoms with Crippen molar-refractivity contribution >= 4 is 35.0 Å². The van der Waals surface area contributed by atoms with Crippen LogP contribution in [0, 0.1) is 0 Å². The summed E-state index contributed by atoms with van der Waals surface area (Å²) in [6, 6.07) is 12.4. The first-order valence-corrected chi connectivity index (χ1v) is 10.7. The van der Waals surface area contributed by atoms with Gasteiger partial charge in [-0.1, -0.05) is 18.2 Å². The fourth-order valence-corrected chi connectivity index (χ4v) is 4.03. The van der Waals surface area contributed by atoms with Gasteiger partial charge < -0.3 is 16.0 Å². The number of primary amides is 1. The monoisotopic (exact) mass is 452 g/mol. The smallest absolute Gasteiger partial charge is 0.369 e. The topological polar surface area (TPSA) is 78.7 Å². The lowest BCUT2D eigenvalue weighted by molar-refractivity contribution is -0.137. The van der Waals surface area contributed by atoms with Crippen molar-refractivity contribution in [1.29, 1.82) is 0 Å². The molecule has 31 heavy (non-hydrogen) atoms. The first-order valence-electron chi connectivity index (χ1n) is 9.67. The number of benzene rings is 2. The summed E-state index contributed by atoms with van der Waals surface area (Å²) < 4.78 is 38.8. The summed E-state index contributed by atoms with van der Waals surface area (Å²) in [5.74, 6) is -0.519. The molecule has 0 aliphatic carbocycles. The van der Waals surface area contributed by atoms with Gasteiger partial charge in [-0.15, -0.1) is 11.8 Å². The second-order valence-electron chi connectivity index (χ2n) is 7.11. The van der Waals surface area contributed by atoms with Crippen LogP contribution in [0.1, 0.15) is 5.56 Å². The van der Waals surface area contributed by atoms with Crippen molar-refractivity contribution in [3.05, 3.63) is 54.1 Å². The molecule has 0 radical (unpaired) electrons. The van der Waals surface area contributed by atoms with E-state index in [2.05, 4.69) is 5.32 Å². The normalized spacial score (nSPS) is 15.0. The van der Waals surface area contributed by atoms with E-state index >= 15 is 0 Å².